The van der Waals surface area contributed by atoms with Gasteiger partial charge in [-0.1, -0.05) is 12.1 Å². The number of carbonyl (C=O) groups is 1. The first kappa shape index (κ1) is 15.3. The van der Waals surface area contributed by atoms with E-state index in [0.29, 0.717) is 11.5 Å². The van der Waals surface area contributed by atoms with Crippen LogP contribution in [-0.4, -0.2) is 33.9 Å². The van der Waals surface area contributed by atoms with Gasteiger partial charge in [-0.25, -0.2) is 9.97 Å². The molecule has 2 aliphatic rings. The summed E-state index contributed by atoms with van der Waals surface area (Å²) in [4.78, 5) is 23.4. The van der Waals surface area contributed by atoms with Crippen molar-refractivity contribution in [3.05, 3.63) is 53.6 Å². The number of nitrogens with one attached hydrogen (secondary N) is 1. The van der Waals surface area contributed by atoms with Gasteiger partial charge in [-0.05, 0) is 56.5 Å². The number of nitrogens with zero attached hydrogens (tertiary/aromatic N) is 3. The first-order chi connectivity index (χ1) is 11.8. The third kappa shape index (κ3) is 3.62. The molecule has 5 heteroatoms. The second-order valence-electron chi connectivity index (χ2n) is 6.74. The fourth-order valence-electron chi connectivity index (χ4n) is 3.16. The number of anilines is 1. The van der Waals surface area contributed by atoms with Crippen molar-refractivity contribution in [1.29, 1.82) is 0 Å². The molecular formula is C19H22N4O. The first-order valence-electron chi connectivity index (χ1n) is 8.72. The van der Waals surface area contributed by atoms with Crippen molar-refractivity contribution >= 4 is 11.6 Å². The van der Waals surface area contributed by atoms with E-state index in [-0.39, 0.29) is 5.91 Å². The normalized spacial score (nSPS) is 17.8. The Morgan fingerprint density at radius 1 is 1.17 bits per heavy atom. The third-order valence-corrected chi connectivity index (χ3v) is 4.67. The van der Waals surface area contributed by atoms with Crippen LogP contribution in [0.1, 0.15) is 53.3 Å². The molecule has 1 aliphatic heterocycles. The van der Waals surface area contributed by atoms with Gasteiger partial charge in [0, 0.05) is 30.5 Å². The largest absolute Gasteiger partial charge is 0.322 e. The number of benzene rings is 1. The lowest BCUT2D eigenvalue weighted by atomic mass is 10.2. The molecule has 0 radical (unpaired) electrons. The molecular weight excluding hydrogens is 300 g/mol. The zero-order valence-corrected chi connectivity index (χ0v) is 13.7. The van der Waals surface area contributed by atoms with E-state index in [1.54, 1.807) is 12.4 Å². The van der Waals surface area contributed by atoms with Gasteiger partial charge in [0.05, 0.1) is 5.56 Å². The molecule has 1 aromatic carbocycles. The van der Waals surface area contributed by atoms with Gasteiger partial charge < -0.3 is 5.32 Å². The lowest BCUT2D eigenvalue weighted by Gasteiger charge is -2.15. The average molecular weight is 322 g/mol. The molecule has 5 nitrogen and oxygen atoms in total. The number of hydrogen-bond acceptors (Lipinski definition) is 4. The minimum atomic E-state index is -0.157. The summed E-state index contributed by atoms with van der Waals surface area (Å²) in [6.07, 6.45) is 8.15. The van der Waals surface area contributed by atoms with E-state index in [1.165, 1.54) is 31.5 Å². The highest BCUT2D eigenvalue weighted by atomic mass is 16.1. The summed E-state index contributed by atoms with van der Waals surface area (Å²) in [5.74, 6) is 1.21. The van der Waals surface area contributed by atoms with Crippen molar-refractivity contribution in [2.45, 2.75) is 38.1 Å². The van der Waals surface area contributed by atoms with E-state index in [9.17, 15) is 4.79 Å². The Kier molecular flexibility index (Phi) is 4.26. The van der Waals surface area contributed by atoms with Gasteiger partial charge in [0.1, 0.15) is 5.82 Å². The average Bonchev–Trinajstić information content (AvgIpc) is 3.33. The van der Waals surface area contributed by atoms with Crippen LogP contribution in [0.4, 0.5) is 5.69 Å². The lowest BCUT2D eigenvalue weighted by Crippen LogP contribution is -2.18. The van der Waals surface area contributed by atoms with E-state index in [1.807, 2.05) is 12.1 Å². The predicted molar refractivity (Wildman–Crippen MR) is 92.9 cm³/mol. The first-order valence-corrected chi connectivity index (χ1v) is 8.72. The molecule has 24 heavy (non-hydrogen) atoms. The molecule has 1 saturated heterocycles. The van der Waals surface area contributed by atoms with Crippen LogP contribution in [0.15, 0.2) is 36.7 Å². The fraction of sp³-hybridized carbons (Fsp3) is 0.421. The van der Waals surface area contributed by atoms with Gasteiger partial charge in [0.15, 0.2) is 0 Å². The van der Waals surface area contributed by atoms with Gasteiger partial charge in [0.25, 0.3) is 5.91 Å². The molecule has 1 aliphatic carbocycles. The van der Waals surface area contributed by atoms with Crippen molar-refractivity contribution in [1.82, 2.24) is 14.9 Å². The van der Waals surface area contributed by atoms with Crippen LogP contribution in [0.5, 0.6) is 0 Å². The van der Waals surface area contributed by atoms with Crippen LogP contribution in [0.25, 0.3) is 0 Å². The maximum Gasteiger partial charge on any atom is 0.258 e. The molecule has 2 aromatic rings. The zero-order valence-electron chi connectivity index (χ0n) is 13.7. The van der Waals surface area contributed by atoms with E-state index < -0.39 is 0 Å². The summed E-state index contributed by atoms with van der Waals surface area (Å²) in [6.45, 7) is 3.28. The maximum absolute atomic E-state index is 12.4. The smallest absolute Gasteiger partial charge is 0.258 e. The molecule has 1 saturated carbocycles. The number of aromatic nitrogens is 2. The quantitative estimate of drug-likeness (QED) is 0.918. The van der Waals surface area contributed by atoms with Crippen molar-refractivity contribution < 1.29 is 4.79 Å². The minimum absolute atomic E-state index is 0.157. The van der Waals surface area contributed by atoms with Crippen LogP contribution < -0.4 is 5.32 Å². The van der Waals surface area contributed by atoms with Crippen LogP contribution >= 0.6 is 0 Å². The summed E-state index contributed by atoms with van der Waals surface area (Å²) in [6, 6.07) is 8.08. The van der Waals surface area contributed by atoms with Crippen molar-refractivity contribution in [3.63, 3.8) is 0 Å². The number of likely N-dealkylation sites (tertiary alicyclic amines) is 1. The van der Waals surface area contributed by atoms with E-state index in [2.05, 4.69) is 32.3 Å². The molecule has 0 unspecified atom stereocenters. The Bertz CT molecular complexity index is 718. The Labute approximate surface area is 142 Å². The molecule has 0 atom stereocenters. The standard InChI is InChI=1S/C19H22N4O/c24-19(16-11-20-18(21-12-16)15-6-7-15)22-17-5-3-4-14(10-17)13-23-8-1-2-9-23/h3-5,10-12,15H,1-2,6-9,13H2,(H,22,24). The molecule has 0 bridgehead atoms. The van der Waals surface area contributed by atoms with E-state index in [4.69, 9.17) is 0 Å². The number of rotatable bonds is 5. The SMILES string of the molecule is O=C(Nc1cccc(CN2CCCC2)c1)c1cnc(C2CC2)nc1. The van der Waals surface area contributed by atoms with Crippen molar-refractivity contribution in [2.24, 2.45) is 0 Å². The van der Waals surface area contributed by atoms with Gasteiger partial charge in [0.2, 0.25) is 0 Å². The van der Waals surface area contributed by atoms with E-state index >= 15 is 0 Å². The second kappa shape index (κ2) is 6.69. The highest BCUT2D eigenvalue weighted by Crippen LogP contribution is 2.37. The second-order valence-corrected chi connectivity index (χ2v) is 6.74. The molecule has 1 aromatic heterocycles. The summed E-state index contributed by atoms with van der Waals surface area (Å²) in [5, 5.41) is 2.95. The highest BCUT2D eigenvalue weighted by molar-refractivity contribution is 6.03. The zero-order chi connectivity index (χ0) is 16.4. The molecule has 124 valence electrons. The van der Waals surface area contributed by atoms with Crippen LogP contribution in [-0.2, 0) is 6.54 Å². The molecule has 2 heterocycles. The van der Waals surface area contributed by atoms with Gasteiger partial charge in [-0.2, -0.15) is 0 Å². The number of amides is 1. The predicted octanol–water partition coefficient (Wildman–Crippen LogP) is 3.20. The van der Waals surface area contributed by atoms with Crippen LogP contribution in [0, 0.1) is 0 Å². The molecule has 1 N–H and O–H groups in total. The maximum atomic E-state index is 12.4. The van der Waals surface area contributed by atoms with Gasteiger partial charge >= 0.3 is 0 Å². The van der Waals surface area contributed by atoms with Crippen LogP contribution in [0.3, 0.4) is 0 Å². The number of carbonyl (C=O) groups excluding carboxylic acids is 1. The van der Waals surface area contributed by atoms with Crippen LogP contribution in [0.2, 0.25) is 0 Å². The fourth-order valence-corrected chi connectivity index (χ4v) is 3.16. The summed E-state index contributed by atoms with van der Waals surface area (Å²) in [7, 11) is 0. The molecule has 0 spiro atoms. The van der Waals surface area contributed by atoms with Crippen molar-refractivity contribution in [2.75, 3.05) is 18.4 Å². The monoisotopic (exact) mass is 322 g/mol. The van der Waals surface area contributed by atoms with Gasteiger partial charge in [-0.15, -0.1) is 0 Å². The Morgan fingerprint density at radius 3 is 2.62 bits per heavy atom. The molecule has 2 fully saturated rings. The third-order valence-electron chi connectivity index (χ3n) is 4.67. The Morgan fingerprint density at radius 2 is 1.92 bits per heavy atom. The lowest BCUT2D eigenvalue weighted by molar-refractivity contribution is 0.102. The summed E-state index contributed by atoms with van der Waals surface area (Å²) < 4.78 is 0. The summed E-state index contributed by atoms with van der Waals surface area (Å²) >= 11 is 0. The Balaban J connectivity index is 1.40. The highest BCUT2D eigenvalue weighted by Gasteiger charge is 2.26. The number of hydrogen-bond donors (Lipinski definition) is 1. The molecule has 4 rings (SSSR count). The topological polar surface area (TPSA) is 58.1 Å². The van der Waals surface area contributed by atoms with Crippen molar-refractivity contribution in [3.8, 4) is 0 Å². The minimum Gasteiger partial charge on any atom is -0.322 e. The Hall–Kier alpha value is -2.27. The van der Waals surface area contributed by atoms with Gasteiger partial charge in [-0.3, -0.25) is 9.69 Å². The van der Waals surface area contributed by atoms with E-state index in [0.717, 1.165) is 30.9 Å². The molecule has 1 amide bonds. The summed E-state index contributed by atoms with van der Waals surface area (Å²) in [5.41, 5.74) is 2.56.